The summed E-state index contributed by atoms with van der Waals surface area (Å²) in [6.07, 6.45) is 0. The first-order valence-corrected chi connectivity index (χ1v) is 3.65. The highest BCUT2D eigenvalue weighted by Crippen LogP contribution is 2.28. The third-order valence-electron chi connectivity index (χ3n) is 1.65. The maximum absolute atomic E-state index is 12.9. The van der Waals surface area contributed by atoms with Crippen molar-refractivity contribution in [2.24, 2.45) is 0 Å². The Morgan fingerprint density at radius 3 is 3.00 bits per heavy atom. The van der Waals surface area contributed by atoms with Gasteiger partial charge in [-0.1, -0.05) is 11.6 Å². The van der Waals surface area contributed by atoms with Gasteiger partial charge in [-0.2, -0.15) is 5.10 Å². The van der Waals surface area contributed by atoms with E-state index >= 15 is 0 Å². The molecular formula is C7H5ClFN3. The summed E-state index contributed by atoms with van der Waals surface area (Å²) in [7, 11) is 0. The highest BCUT2D eigenvalue weighted by molar-refractivity contribution is 6.36. The van der Waals surface area contributed by atoms with Gasteiger partial charge in [0.15, 0.2) is 5.82 Å². The molecule has 1 heterocycles. The van der Waals surface area contributed by atoms with E-state index in [1.54, 1.807) is 6.07 Å². The molecule has 1 aromatic carbocycles. The average molecular weight is 186 g/mol. The van der Waals surface area contributed by atoms with Gasteiger partial charge >= 0.3 is 0 Å². The lowest BCUT2D eigenvalue weighted by molar-refractivity contribution is 0.630. The summed E-state index contributed by atoms with van der Waals surface area (Å²) in [6, 6.07) is 2.81. The fourth-order valence-corrected chi connectivity index (χ4v) is 1.33. The number of aromatic nitrogens is 2. The smallest absolute Gasteiger partial charge is 0.154 e. The monoisotopic (exact) mass is 185 g/mol. The van der Waals surface area contributed by atoms with Crippen LogP contribution < -0.4 is 5.73 Å². The molecule has 0 radical (unpaired) electrons. The Labute approximate surface area is 72.3 Å². The summed E-state index contributed by atoms with van der Waals surface area (Å²) in [5, 5.41) is 6.78. The lowest BCUT2D eigenvalue weighted by atomic mass is 10.2. The van der Waals surface area contributed by atoms with E-state index in [9.17, 15) is 4.39 Å². The molecule has 0 fully saturated rings. The highest BCUT2D eigenvalue weighted by Gasteiger charge is 2.09. The Balaban J connectivity index is 2.96. The summed E-state index contributed by atoms with van der Waals surface area (Å²) in [6.45, 7) is 0. The predicted octanol–water partition coefficient (Wildman–Crippen LogP) is 1.94. The zero-order valence-electron chi connectivity index (χ0n) is 5.94. The lowest BCUT2D eigenvalue weighted by Gasteiger charge is -1.94. The van der Waals surface area contributed by atoms with Gasteiger partial charge in [-0.15, -0.1) is 0 Å². The van der Waals surface area contributed by atoms with Crippen molar-refractivity contribution < 1.29 is 4.39 Å². The van der Waals surface area contributed by atoms with E-state index in [0.29, 0.717) is 10.9 Å². The van der Waals surface area contributed by atoms with Crippen LogP contribution in [0, 0.1) is 5.82 Å². The molecule has 2 rings (SSSR count). The van der Waals surface area contributed by atoms with Crippen LogP contribution in [0.25, 0.3) is 10.9 Å². The Morgan fingerprint density at radius 2 is 2.25 bits per heavy atom. The first-order chi connectivity index (χ1) is 5.70. The zero-order valence-corrected chi connectivity index (χ0v) is 6.69. The van der Waals surface area contributed by atoms with Crippen LogP contribution in [0.2, 0.25) is 5.02 Å². The summed E-state index contributed by atoms with van der Waals surface area (Å²) >= 11 is 5.66. The third kappa shape index (κ3) is 0.848. The number of hydrogen-bond acceptors (Lipinski definition) is 2. The molecule has 0 atom stereocenters. The number of aromatic amines is 1. The SMILES string of the molecule is Nc1n[nH]c2ccc(F)c(Cl)c12. The molecule has 5 heteroatoms. The van der Waals surface area contributed by atoms with Crippen molar-refractivity contribution in [3.05, 3.63) is 23.0 Å². The van der Waals surface area contributed by atoms with Crippen LogP contribution in [-0.2, 0) is 0 Å². The second-order valence-electron chi connectivity index (χ2n) is 2.39. The van der Waals surface area contributed by atoms with Gasteiger partial charge in [-0.05, 0) is 12.1 Å². The van der Waals surface area contributed by atoms with Crippen LogP contribution in [0.5, 0.6) is 0 Å². The van der Waals surface area contributed by atoms with E-state index in [1.807, 2.05) is 0 Å². The molecule has 3 N–H and O–H groups in total. The predicted molar refractivity (Wildman–Crippen MR) is 45.5 cm³/mol. The van der Waals surface area contributed by atoms with Gasteiger partial charge in [0.25, 0.3) is 0 Å². The van der Waals surface area contributed by atoms with Crippen molar-refractivity contribution >= 4 is 28.3 Å². The van der Waals surface area contributed by atoms with Crippen LogP contribution in [0.3, 0.4) is 0 Å². The van der Waals surface area contributed by atoms with Crippen molar-refractivity contribution in [3.63, 3.8) is 0 Å². The summed E-state index contributed by atoms with van der Waals surface area (Å²) in [5.41, 5.74) is 6.09. The van der Waals surface area contributed by atoms with E-state index in [1.165, 1.54) is 6.07 Å². The number of benzene rings is 1. The fraction of sp³-hybridized carbons (Fsp3) is 0. The lowest BCUT2D eigenvalue weighted by Crippen LogP contribution is -1.85. The molecule has 0 aliphatic carbocycles. The standard InChI is InChI=1S/C7H5ClFN3/c8-6-3(9)1-2-4-5(6)7(10)12-11-4/h1-2H,(H3,10,11,12). The molecule has 0 spiro atoms. The van der Waals surface area contributed by atoms with Crippen molar-refractivity contribution in [3.8, 4) is 0 Å². The molecule has 0 amide bonds. The number of halogens is 2. The van der Waals surface area contributed by atoms with E-state index in [0.717, 1.165) is 0 Å². The number of nitrogen functional groups attached to an aromatic ring is 1. The van der Waals surface area contributed by atoms with Crippen molar-refractivity contribution in [1.82, 2.24) is 10.2 Å². The number of nitrogens with zero attached hydrogens (tertiary/aromatic N) is 1. The van der Waals surface area contributed by atoms with E-state index in [4.69, 9.17) is 17.3 Å². The van der Waals surface area contributed by atoms with Crippen LogP contribution in [0.15, 0.2) is 12.1 Å². The normalized spacial score (nSPS) is 10.8. The van der Waals surface area contributed by atoms with Crippen molar-refractivity contribution in [2.45, 2.75) is 0 Å². The first-order valence-electron chi connectivity index (χ1n) is 3.27. The van der Waals surface area contributed by atoms with Crippen molar-refractivity contribution in [2.75, 3.05) is 5.73 Å². The number of nitrogens with two attached hydrogens (primary N) is 1. The summed E-state index contributed by atoms with van der Waals surface area (Å²) < 4.78 is 12.9. The van der Waals surface area contributed by atoms with Crippen LogP contribution >= 0.6 is 11.6 Å². The minimum Gasteiger partial charge on any atom is -0.382 e. The number of H-pyrrole nitrogens is 1. The molecule has 0 aliphatic rings. The Hall–Kier alpha value is -1.29. The summed E-state index contributed by atoms with van der Waals surface area (Å²) in [4.78, 5) is 0. The van der Waals surface area contributed by atoms with E-state index in [2.05, 4.69) is 10.2 Å². The van der Waals surface area contributed by atoms with Crippen LogP contribution in [-0.4, -0.2) is 10.2 Å². The Morgan fingerprint density at radius 1 is 1.50 bits per heavy atom. The molecular weight excluding hydrogens is 181 g/mol. The number of nitrogens with one attached hydrogen (secondary N) is 1. The maximum atomic E-state index is 12.9. The average Bonchev–Trinajstić information content (AvgIpc) is 2.41. The number of rotatable bonds is 0. The molecule has 0 bridgehead atoms. The fourth-order valence-electron chi connectivity index (χ4n) is 1.07. The van der Waals surface area contributed by atoms with E-state index < -0.39 is 5.82 Å². The third-order valence-corrected chi connectivity index (χ3v) is 2.02. The molecule has 1 aromatic heterocycles. The molecule has 0 saturated heterocycles. The number of anilines is 1. The van der Waals surface area contributed by atoms with Gasteiger partial charge in [0.1, 0.15) is 5.82 Å². The maximum Gasteiger partial charge on any atom is 0.154 e. The van der Waals surface area contributed by atoms with Gasteiger partial charge in [0, 0.05) is 0 Å². The largest absolute Gasteiger partial charge is 0.382 e. The second-order valence-corrected chi connectivity index (χ2v) is 2.77. The highest BCUT2D eigenvalue weighted by atomic mass is 35.5. The van der Waals surface area contributed by atoms with Crippen LogP contribution in [0.4, 0.5) is 10.2 Å². The second kappa shape index (κ2) is 2.35. The molecule has 0 aliphatic heterocycles. The Kier molecular flexibility index (Phi) is 1.44. The minimum atomic E-state index is -0.489. The Bertz CT molecular complexity index is 437. The van der Waals surface area contributed by atoms with Gasteiger partial charge in [0.2, 0.25) is 0 Å². The number of fused-ring (bicyclic) bond motifs is 1. The number of hydrogen-bond donors (Lipinski definition) is 2. The van der Waals surface area contributed by atoms with Gasteiger partial charge < -0.3 is 5.73 Å². The van der Waals surface area contributed by atoms with Gasteiger partial charge in [0.05, 0.1) is 15.9 Å². The quantitative estimate of drug-likeness (QED) is 0.659. The van der Waals surface area contributed by atoms with E-state index in [-0.39, 0.29) is 10.8 Å². The topological polar surface area (TPSA) is 54.7 Å². The molecule has 0 unspecified atom stereocenters. The van der Waals surface area contributed by atoms with Gasteiger partial charge in [-0.25, -0.2) is 4.39 Å². The molecule has 12 heavy (non-hydrogen) atoms. The minimum absolute atomic E-state index is 0.0127. The molecule has 3 nitrogen and oxygen atoms in total. The van der Waals surface area contributed by atoms with Gasteiger partial charge in [-0.3, -0.25) is 5.10 Å². The van der Waals surface area contributed by atoms with Crippen molar-refractivity contribution in [1.29, 1.82) is 0 Å². The van der Waals surface area contributed by atoms with Crippen LogP contribution in [0.1, 0.15) is 0 Å². The summed E-state index contributed by atoms with van der Waals surface area (Å²) in [5.74, 6) is -0.272. The zero-order chi connectivity index (χ0) is 8.72. The molecule has 62 valence electrons. The molecule has 2 aromatic rings. The first kappa shape index (κ1) is 7.36. The molecule has 0 saturated carbocycles.